The fourth-order valence-corrected chi connectivity index (χ4v) is 1.83. The third kappa shape index (κ3) is 3.16. The summed E-state index contributed by atoms with van der Waals surface area (Å²) in [5.74, 6) is 0.925. The molecule has 1 amide bonds. The van der Waals surface area contributed by atoms with Crippen LogP contribution in [0.1, 0.15) is 21.9 Å². The molecule has 20 heavy (non-hydrogen) atoms. The van der Waals surface area contributed by atoms with Gasteiger partial charge in [0.05, 0.1) is 11.5 Å². The number of rotatable bonds is 4. The molecule has 0 aliphatic rings. The lowest BCUT2D eigenvalue weighted by Crippen LogP contribution is -2.22. The van der Waals surface area contributed by atoms with Gasteiger partial charge in [0.15, 0.2) is 0 Å². The smallest absolute Gasteiger partial charge is 0.288 e. The number of amides is 1. The lowest BCUT2D eigenvalue weighted by atomic mass is 10.2. The summed E-state index contributed by atoms with van der Waals surface area (Å²) in [5.41, 5.74) is -0.127. The topological polar surface area (TPSA) is 85.4 Å². The molecule has 0 fully saturated rings. The van der Waals surface area contributed by atoms with E-state index in [-0.39, 0.29) is 22.8 Å². The minimum absolute atomic E-state index is 0.00629. The minimum atomic E-state index is -0.630. The first-order chi connectivity index (χ1) is 9.47. The van der Waals surface area contributed by atoms with Crippen molar-refractivity contribution in [2.24, 2.45) is 0 Å². The van der Waals surface area contributed by atoms with Gasteiger partial charge in [-0.25, -0.2) is 0 Å². The zero-order chi connectivity index (χ0) is 14.7. The Hall–Kier alpha value is -2.34. The van der Waals surface area contributed by atoms with E-state index < -0.39 is 10.8 Å². The average molecular weight is 295 g/mol. The number of halogens is 1. The van der Waals surface area contributed by atoms with Crippen molar-refractivity contribution >= 4 is 23.2 Å². The van der Waals surface area contributed by atoms with Gasteiger partial charge in [-0.3, -0.25) is 14.9 Å². The van der Waals surface area contributed by atoms with Crippen molar-refractivity contribution in [2.45, 2.75) is 13.5 Å². The van der Waals surface area contributed by atoms with Crippen molar-refractivity contribution in [3.05, 3.63) is 62.6 Å². The zero-order valence-corrected chi connectivity index (χ0v) is 11.3. The van der Waals surface area contributed by atoms with E-state index in [0.717, 1.165) is 11.8 Å². The summed E-state index contributed by atoms with van der Waals surface area (Å²) in [4.78, 5) is 22.0. The first-order valence-corrected chi connectivity index (χ1v) is 6.12. The summed E-state index contributed by atoms with van der Waals surface area (Å²) in [7, 11) is 0. The summed E-state index contributed by atoms with van der Waals surface area (Å²) in [6.45, 7) is 2.01. The zero-order valence-electron chi connectivity index (χ0n) is 10.6. The molecule has 0 saturated carbocycles. The molecule has 2 aromatic rings. The van der Waals surface area contributed by atoms with Crippen LogP contribution >= 0.6 is 11.6 Å². The average Bonchev–Trinajstić information content (AvgIpc) is 2.82. The summed E-state index contributed by atoms with van der Waals surface area (Å²) in [6.07, 6.45) is 0. The maximum atomic E-state index is 11.9. The molecule has 1 N–H and O–H groups in total. The Labute approximate surface area is 119 Å². The van der Waals surface area contributed by atoms with Crippen LogP contribution in [0.4, 0.5) is 5.69 Å². The number of carbonyl (C=O) groups excluding carboxylic acids is 1. The highest BCUT2D eigenvalue weighted by molar-refractivity contribution is 6.32. The normalized spacial score (nSPS) is 10.3. The van der Waals surface area contributed by atoms with Crippen LogP contribution < -0.4 is 5.32 Å². The highest BCUT2D eigenvalue weighted by Crippen LogP contribution is 2.25. The number of hydrogen-bond acceptors (Lipinski definition) is 4. The summed E-state index contributed by atoms with van der Waals surface area (Å²) in [5, 5.41) is 13.4. The molecular formula is C13H11ClN2O4. The van der Waals surface area contributed by atoms with E-state index in [1.807, 2.05) is 0 Å². The largest absolute Gasteiger partial charge is 0.465 e. The Morgan fingerprint density at radius 3 is 2.75 bits per heavy atom. The van der Waals surface area contributed by atoms with E-state index in [1.165, 1.54) is 12.1 Å². The Balaban J connectivity index is 2.09. The predicted molar refractivity (Wildman–Crippen MR) is 72.7 cm³/mol. The lowest BCUT2D eigenvalue weighted by molar-refractivity contribution is -0.384. The monoisotopic (exact) mass is 294 g/mol. The van der Waals surface area contributed by atoms with Gasteiger partial charge in [-0.1, -0.05) is 11.6 Å². The number of hydrogen-bond donors (Lipinski definition) is 1. The number of nitro benzene ring substituents is 1. The summed E-state index contributed by atoms with van der Waals surface area (Å²) >= 11 is 5.68. The fourth-order valence-electron chi connectivity index (χ4n) is 1.64. The minimum Gasteiger partial charge on any atom is -0.465 e. The van der Waals surface area contributed by atoms with Gasteiger partial charge in [0.2, 0.25) is 0 Å². The Morgan fingerprint density at radius 1 is 1.40 bits per heavy atom. The Bertz CT molecular complexity index is 666. The van der Waals surface area contributed by atoms with E-state index in [0.29, 0.717) is 5.76 Å². The van der Waals surface area contributed by atoms with Crippen LogP contribution in [0, 0.1) is 17.0 Å². The molecule has 0 bridgehead atoms. The van der Waals surface area contributed by atoms with Gasteiger partial charge in [0, 0.05) is 11.6 Å². The van der Waals surface area contributed by atoms with Gasteiger partial charge in [-0.2, -0.15) is 0 Å². The van der Waals surface area contributed by atoms with E-state index >= 15 is 0 Å². The van der Waals surface area contributed by atoms with Crippen LogP contribution in [0.15, 0.2) is 34.7 Å². The third-order valence-corrected chi connectivity index (χ3v) is 2.94. The number of nitrogens with one attached hydrogen (secondary N) is 1. The Kier molecular flexibility index (Phi) is 4.05. The van der Waals surface area contributed by atoms with E-state index in [1.54, 1.807) is 19.1 Å². The number of benzene rings is 1. The van der Waals surface area contributed by atoms with Crippen LogP contribution in [0.25, 0.3) is 0 Å². The summed E-state index contributed by atoms with van der Waals surface area (Å²) in [6, 6.07) is 7.43. The van der Waals surface area contributed by atoms with Crippen LogP contribution in [0.5, 0.6) is 0 Å². The van der Waals surface area contributed by atoms with E-state index in [2.05, 4.69) is 5.32 Å². The maximum Gasteiger partial charge on any atom is 0.288 e. The molecule has 0 saturated heterocycles. The SMILES string of the molecule is Cc1ccc(CNC(=O)c2ccc(Cl)c([N+](=O)[O-])c2)o1. The van der Waals surface area contributed by atoms with E-state index in [4.69, 9.17) is 16.0 Å². The predicted octanol–water partition coefficient (Wildman–Crippen LogP) is 3.08. The second-order valence-corrected chi connectivity index (χ2v) is 4.53. The quantitative estimate of drug-likeness (QED) is 0.693. The molecule has 0 atom stereocenters. The van der Waals surface area contributed by atoms with Crippen molar-refractivity contribution < 1.29 is 14.1 Å². The van der Waals surface area contributed by atoms with Crippen molar-refractivity contribution in [1.82, 2.24) is 5.32 Å². The molecule has 2 rings (SSSR count). The van der Waals surface area contributed by atoms with Crippen LogP contribution in [0.3, 0.4) is 0 Å². The first kappa shape index (κ1) is 14.1. The van der Waals surface area contributed by atoms with Crippen LogP contribution in [-0.4, -0.2) is 10.8 Å². The molecule has 0 aliphatic carbocycles. The fraction of sp³-hybridized carbons (Fsp3) is 0.154. The van der Waals surface area contributed by atoms with Crippen LogP contribution in [0.2, 0.25) is 5.02 Å². The summed E-state index contributed by atoms with van der Waals surface area (Å²) < 4.78 is 5.31. The van der Waals surface area contributed by atoms with Crippen molar-refractivity contribution in [1.29, 1.82) is 0 Å². The molecule has 7 heteroatoms. The molecule has 6 nitrogen and oxygen atoms in total. The van der Waals surface area contributed by atoms with Gasteiger partial charge in [-0.15, -0.1) is 0 Å². The number of carbonyl (C=O) groups is 1. The molecule has 0 spiro atoms. The molecule has 104 valence electrons. The first-order valence-electron chi connectivity index (χ1n) is 5.75. The van der Waals surface area contributed by atoms with Crippen molar-refractivity contribution in [3.8, 4) is 0 Å². The number of furan rings is 1. The molecule has 1 aromatic heterocycles. The molecular weight excluding hydrogens is 284 g/mol. The standard InChI is InChI=1S/C13H11ClN2O4/c1-8-2-4-10(20-8)7-15-13(17)9-3-5-11(14)12(6-9)16(18)19/h2-6H,7H2,1H3,(H,15,17). The third-order valence-electron chi connectivity index (χ3n) is 2.62. The number of nitro groups is 1. The Morgan fingerprint density at radius 2 is 2.15 bits per heavy atom. The van der Waals surface area contributed by atoms with Crippen LogP contribution in [-0.2, 0) is 6.54 Å². The van der Waals surface area contributed by atoms with Crippen molar-refractivity contribution in [3.63, 3.8) is 0 Å². The van der Waals surface area contributed by atoms with Gasteiger partial charge in [-0.05, 0) is 31.2 Å². The maximum absolute atomic E-state index is 11.9. The molecule has 1 aromatic carbocycles. The van der Waals surface area contributed by atoms with Gasteiger partial charge < -0.3 is 9.73 Å². The lowest BCUT2D eigenvalue weighted by Gasteiger charge is -2.04. The second-order valence-electron chi connectivity index (χ2n) is 4.12. The highest BCUT2D eigenvalue weighted by Gasteiger charge is 2.16. The van der Waals surface area contributed by atoms with E-state index in [9.17, 15) is 14.9 Å². The molecule has 0 radical (unpaired) electrons. The number of nitrogens with zero attached hydrogens (tertiary/aromatic N) is 1. The molecule has 1 heterocycles. The van der Waals surface area contributed by atoms with Gasteiger partial charge in [0.1, 0.15) is 16.5 Å². The molecule has 0 unspecified atom stereocenters. The highest BCUT2D eigenvalue weighted by atomic mass is 35.5. The van der Waals surface area contributed by atoms with Gasteiger partial charge in [0.25, 0.3) is 11.6 Å². The second kappa shape index (κ2) is 5.75. The number of aryl methyl sites for hydroxylation is 1. The van der Waals surface area contributed by atoms with Crippen molar-refractivity contribution in [2.75, 3.05) is 0 Å². The van der Waals surface area contributed by atoms with Gasteiger partial charge >= 0.3 is 0 Å². The molecule has 0 aliphatic heterocycles.